The van der Waals surface area contributed by atoms with Gasteiger partial charge in [-0.3, -0.25) is 0 Å². The minimum Gasteiger partial charge on any atom is -0.339 e. The first-order chi connectivity index (χ1) is 6.83. The maximum Gasteiger partial charge on any atom is 0.342 e. The summed E-state index contributed by atoms with van der Waals surface area (Å²) in [6, 6.07) is 1.65. The lowest BCUT2D eigenvalue weighted by Crippen LogP contribution is -2.34. The molecule has 5 heteroatoms. The molecule has 2 rings (SSSR count). The van der Waals surface area contributed by atoms with Gasteiger partial charge in [-0.25, -0.2) is 4.79 Å². The Balaban J connectivity index is 2.43. The van der Waals surface area contributed by atoms with Gasteiger partial charge in [0.05, 0.1) is 10.6 Å². The summed E-state index contributed by atoms with van der Waals surface area (Å²) in [6.07, 6.45) is 5.35. The van der Waals surface area contributed by atoms with E-state index in [1.54, 1.807) is 24.6 Å². The molecule has 0 aromatic carbocycles. The molecule has 0 bridgehead atoms. The van der Waals surface area contributed by atoms with Gasteiger partial charge in [-0.05, 0) is 23.6 Å². The van der Waals surface area contributed by atoms with Crippen molar-refractivity contribution in [2.24, 2.45) is 5.10 Å². The van der Waals surface area contributed by atoms with E-state index in [2.05, 4.69) is 10.4 Å². The van der Waals surface area contributed by atoms with Crippen molar-refractivity contribution in [3.63, 3.8) is 0 Å². The SMILES string of the molecule is CNC(=O)N1N=CC=Cc2sccc21. The second-order valence-electron chi connectivity index (χ2n) is 2.66. The van der Waals surface area contributed by atoms with Crippen LogP contribution < -0.4 is 10.3 Å². The van der Waals surface area contributed by atoms with E-state index >= 15 is 0 Å². The molecule has 0 spiro atoms. The zero-order valence-corrected chi connectivity index (χ0v) is 8.41. The molecule has 1 N–H and O–H groups in total. The van der Waals surface area contributed by atoms with Crippen LogP contribution in [-0.4, -0.2) is 19.3 Å². The van der Waals surface area contributed by atoms with Crippen LogP contribution in [0, 0.1) is 0 Å². The van der Waals surface area contributed by atoms with Crippen molar-refractivity contribution in [2.75, 3.05) is 12.1 Å². The lowest BCUT2D eigenvalue weighted by atomic mass is 10.3. The molecule has 0 aliphatic carbocycles. The number of urea groups is 1. The van der Waals surface area contributed by atoms with Gasteiger partial charge in [0.2, 0.25) is 0 Å². The number of thiophene rings is 1. The number of hydrogen-bond donors (Lipinski definition) is 1. The highest BCUT2D eigenvalue weighted by molar-refractivity contribution is 7.11. The molecule has 4 nitrogen and oxygen atoms in total. The van der Waals surface area contributed by atoms with Gasteiger partial charge < -0.3 is 5.32 Å². The molecule has 0 atom stereocenters. The van der Waals surface area contributed by atoms with E-state index in [9.17, 15) is 4.79 Å². The zero-order valence-electron chi connectivity index (χ0n) is 7.60. The summed E-state index contributed by atoms with van der Waals surface area (Å²) in [4.78, 5) is 12.5. The predicted molar refractivity (Wildman–Crippen MR) is 58.8 cm³/mol. The smallest absolute Gasteiger partial charge is 0.339 e. The molecule has 1 aliphatic heterocycles. The van der Waals surface area contributed by atoms with Gasteiger partial charge >= 0.3 is 6.03 Å². The fourth-order valence-corrected chi connectivity index (χ4v) is 1.96. The summed E-state index contributed by atoms with van der Waals surface area (Å²) in [5.41, 5.74) is 0.819. The van der Waals surface area contributed by atoms with E-state index in [4.69, 9.17) is 0 Å². The van der Waals surface area contributed by atoms with Gasteiger partial charge in [0.25, 0.3) is 0 Å². The molecule has 2 amide bonds. The summed E-state index contributed by atoms with van der Waals surface area (Å²) in [5.74, 6) is 0. The van der Waals surface area contributed by atoms with E-state index in [0.29, 0.717) is 0 Å². The van der Waals surface area contributed by atoms with Gasteiger partial charge in [-0.2, -0.15) is 10.1 Å². The Morgan fingerprint density at radius 2 is 2.50 bits per heavy atom. The molecule has 0 saturated carbocycles. The van der Waals surface area contributed by atoms with Gasteiger partial charge in [-0.15, -0.1) is 11.3 Å². The number of allylic oxidation sites excluding steroid dienone is 1. The van der Waals surface area contributed by atoms with Crippen molar-refractivity contribution >= 4 is 35.3 Å². The summed E-state index contributed by atoms with van der Waals surface area (Å²) in [7, 11) is 1.59. The number of amides is 2. The number of fused-ring (bicyclic) bond motifs is 1. The Kier molecular flexibility index (Phi) is 2.32. The maximum atomic E-state index is 11.5. The summed E-state index contributed by atoms with van der Waals surface area (Å²) in [5, 5.41) is 9.86. The van der Waals surface area contributed by atoms with Crippen LogP contribution >= 0.6 is 11.3 Å². The quantitative estimate of drug-likeness (QED) is 0.694. The van der Waals surface area contributed by atoms with Crippen LogP contribution in [0.15, 0.2) is 22.6 Å². The van der Waals surface area contributed by atoms with Crippen LogP contribution in [0.5, 0.6) is 0 Å². The van der Waals surface area contributed by atoms with Crippen molar-refractivity contribution in [1.82, 2.24) is 5.32 Å². The first-order valence-electron chi connectivity index (χ1n) is 4.13. The van der Waals surface area contributed by atoms with Gasteiger partial charge in [-0.1, -0.05) is 0 Å². The first kappa shape index (κ1) is 8.96. The first-order valence-corrected chi connectivity index (χ1v) is 5.01. The molecule has 72 valence electrons. The Bertz CT molecular complexity index is 408. The van der Waals surface area contributed by atoms with Crippen LogP contribution in [0.3, 0.4) is 0 Å². The largest absolute Gasteiger partial charge is 0.342 e. The fourth-order valence-electron chi connectivity index (χ4n) is 1.18. The topological polar surface area (TPSA) is 44.7 Å². The van der Waals surface area contributed by atoms with Gasteiger partial charge in [0.15, 0.2) is 0 Å². The predicted octanol–water partition coefficient (Wildman–Crippen LogP) is 1.91. The molecule has 0 unspecified atom stereocenters. The monoisotopic (exact) mass is 207 g/mol. The fraction of sp³-hybridized carbons (Fsp3) is 0.111. The van der Waals surface area contributed by atoms with E-state index in [0.717, 1.165) is 10.6 Å². The molecular weight excluding hydrogens is 198 g/mol. The van der Waals surface area contributed by atoms with Crippen LogP contribution in [0.25, 0.3) is 6.08 Å². The summed E-state index contributed by atoms with van der Waals surface area (Å²) >= 11 is 1.58. The summed E-state index contributed by atoms with van der Waals surface area (Å²) < 4.78 is 0. The molecule has 0 fully saturated rings. The average molecular weight is 207 g/mol. The number of anilines is 1. The molecule has 14 heavy (non-hydrogen) atoms. The Labute approximate surface area is 85.5 Å². The second-order valence-corrected chi connectivity index (χ2v) is 3.61. The molecule has 2 heterocycles. The molecular formula is C9H9N3OS. The number of rotatable bonds is 0. The third kappa shape index (κ3) is 1.42. The Morgan fingerprint density at radius 1 is 1.64 bits per heavy atom. The number of nitrogens with zero attached hydrogens (tertiary/aromatic N) is 2. The number of carbonyl (C=O) groups excluding carboxylic acids is 1. The number of carbonyl (C=O) groups is 1. The molecule has 0 radical (unpaired) electrons. The lowest BCUT2D eigenvalue weighted by Gasteiger charge is -2.14. The second kappa shape index (κ2) is 3.63. The van der Waals surface area contributed by atoms with Gasteiger partial charge in [0, 0.05) is 13.3 Å². The minimum absolute atomic E-state index is 0.232. The normalized spacial score (nSPS) is 13.6. The third-order valence-electron chi connectivity index (χ3n) is 1.82. The Hall–Kier alpha value is -1.62. The highest BCUT2D eigenvalue weighted by Gasteiger charge is 2.17. The number of nitrogens with one attached hydrogen (secondary N) is 1. The molecule has 0 saturated heterocycles. The van der Waals surface area contributed by atoms with Crippen LogP contribution in [0.4, 0.5) is 10.5 Å². The van der Waals surface area contributed by atoms with Crippen molar-refractivity contribution < 1.29 is 4.79 Å². The minimum atomic E-state index is -0.232. The standard InChI is InChI=1S/C9H9N3OS/c1-10-9(13)12-7-4-6-14-8(7)3-2-5-11-12/h2-6H,1H3,(H,10,13). The average Bonchev–Trinajstić information content (AvgIpc) is 2.57. The lowest BCUT2D eigenvalue weighted by molar-refractivity contribution is 0.248. The number of hydrogen-bond acceptors (Lipinski definition) is 3. The van der Waals surface area contributed by atoms with E-state index in [1.807, 2.05) is 23.6 Å². The zero-order chi connectivity index (χ0) is 9.97. The highest BCUT2D eigenvalue weighted by atomic mass is 32.1. The molecule has 1 aliphatic rings. The van der Waals surface area contributed by atoms with Crippen LogP contribution in [0.2, 0.25) is 0 Å². The van der Waals surface area contributed by atoms with Crippen molar-refractivity contribution in [2.45, 2.75) is 0 Å². The molecule has 1 aromatic rings. The Morgan fingerprint density at radius 3 is 3.29 bits per heavy atom. The van der Waals surface area contributed by atoms with Crippen LogP contribution in [0.1, 0.15) is 4.88 Å². The highest BCUT2D eigenvalue weighted by Crippen LogP contribution is 2.29. The van der Waals surface area contributed by atoms with E-state index < -0.39 is 0 Å². The van der Waals surface area contributed by atoms with E-state index in [1.165, 1.54) is 5.01 Å². The van der Waals surface area contributed by atoms with Gasteiger partial charge in [0.1, 0.15) is 0 Å². The molecule has 1 aromatic heterocycles. The maximum absolute atomic E-state index is 11.5. The van der Waals surface area contributed by atoms with Crippen molar-refractivity contribution in [3.05, 3.63) is 22.4 Å². The van der Waals surface area contributed by atoms with Crippen molar-refractivity contribution in [1.29, 1.82) is 0 Å². The third-order valence-corrected chi connectivity index (χ3v) is 2.69. The summed E-state index contributed by atoms with van der Waals surface area (Å²) in [6.45, 7) is 0. The number of hydrazone groups is 1. The van der Waals surface area contributed by atoms with Crippen LogP contribution in [-0.2, 0) is 0 Å². The van der Waals surface area contributed by atoms with Crippen molar-refractivity contribution in [3.8, 4) is 0 Å². The van der Waals surface area contributed by atoms with E-state index in [-0.39, 0.29) is 6.03 Å².